The van der Waals surface area contributed by atoms with Crippen molar-refractivity contribution in [3.8, 4) is 11.5 Å². The Bertz CT molecular complexity index is 632. The molecule has 21 heavy (non-hydrogen) atoms. The quantitative estimate of drug-likeness (QED) is 0.898. The topological polar surface area (TPSA) is 30.5 Å². The standard InChI is InChI=1S/C16H17F2NO2/c1-10(19-14-6-5-12(17)9-13(14)18)11-4-7-15(20-2)16(8-11)21-3/h4-10,19H,1-3H3. The summed E-state index contributed by atoms with van der Waals surface area (Å²) in [5.41, 5.74) is 1.15. The second-order valence-electron chi connectivity index (χ2n) is 4.60. The number of hydrogen-bond acceptors (Lipinski definition) is 3. The molecule has 1 atom stereocenters. The third-order valence-electron chi connectivity index (χ3n) is 3.21. The minimum atomic E-state index is -0.623. The maximum absolute atomic E-state index is 13.6. The van der Waals surface area contributed by atoms with Crippen LogP contribution in [0, 0.1) is 11.6 Å². The van der Waals surface area contributed by atoms with E-state index in [-0.39, 0.29) is 11.7 Å². The molecule has 2 rings (SSSR count). The first kappa shape index (κ1) is 15.1. The number of hydrogen-bond donors (Lipinski definition) is 1. The minimum Gasteiger partial charge on any atom is -0.493 e. The molecule has 112 valence electrons. The van der Waals surface area contributed by atoms with Gasteiger partial charge >= 0.3 is 0 Å². The van der Waals surface area contributed by atoms with Crippen molar-refractivity contribution in [2.24, 2.45) is 0 Å². The zero-order chi connectivity index (χ0) is 15.4. The van der Waals surface area contributed by atoms with Crippen molar-refractivity contribution in [2.75, 3.05) is 19.5 Å². The highest BCUT2D eigenvalue weighted by Gasteiger charge is 2.12. The molecule has 0 radical (unpaired) electrons. The zero-order valence-electron chi connectivity index (χ0n) is 12.1. The lowest BCUT2D eigenvalue weighted by atomic mass is 10.1. The SMILES string of the molecule is COc1ccc(C(C)Nc2ccc(F)cc2F)cc1OC. The van der Waals surface area contributed by atoms with Crippen LogP contribution in [0.5, 0.6) is 11.5 Å². The first-order valence-electron chi connectivity index (χ1n) is 6.48. The van der Waals surface area contributed by atoms with Gasteiger partial charge in [0, 0.05) is 12.1 Å². The Balaban J connectivity index is 2.21. The fourth-order valence-corrected chi connectivity index (χ4v) is 2.05. The van der Waals surface area contributed by atoms with Crippen LogP contribution in [0.3, 0.4) is 0 Å². The van der Waals surface area contributed by atoms with E-state index in [9.17, 15) is 8.78 Å². The zero-order valence-corrected chi connectivity index (χ0v) is 12.1. The Labute approximate surface area is 122 Å². The first-order valence-corrected chi connectivity index (χ1v) is 6.48. The molecule has 0 bridgehead atoms. The predicted octanol–water partition coefficient (Wildman–Crippen LogP) is 4.16. The molecular weight excluding hydrogens is 276 g/mol. The Morgan fingerprint density at radius 2 is 1.67 bits per heavy atom. The molecule has 0 saturated heterocycles. The van der Waals surface area contributed by atoms with Gasteiger partial charge in [0.25, 0.3) is 0 Å². The van der Waals surface area contributed by atoms with Crippen LogP contribution in [0.25, 0.3) is 0 Å². The van der Waals surface area contributed by atoms with Crippen molar-refractivity contribution >= 4 is 5.69 Å². The lowest BCUT2D eigenvalue weighted by molar-refractivity contribution is 0.354. The Morgan fingerprint density at radius 1 is 0.952 bits per heavy atom. The van der Waals surface area contributed by atoms with Crippen molar-refractivity contribution in [1.29, 1.82) is 0 Å². The number of rotatable bonds is 5. The van der Waals surface area contributed by atoms with Crippen LogP contribution < -0.4 is 14.8 Å². The van der Waals surface area contributed by atoms with Crippen LogP contribution in [0.4, 0.5) is 14.5 Å². The van der Waals surface area contributed by atoms with E-state index in [0.717, 1.165) is 11.6 Å². The van der Waals surface area contributed by atoms with E-state index in [1.54, 1.807) is 20.3 Å². The van der Waals surface area contributed by atoms with E-state index >= 15 is 0 Å². The summed E-state index contributed by atoms with van der Waals surface area (Å²) in [5.74, 6) is 0.00351. The van der Waals surface area contributed by atoms with Gasteiger partial charge in [-0.15, -0.1) is 0 Å². The van der Waals surface area contributed by atoms with Crippen LogP contribution in [-0.4, -0.2) is 14.2 Å². The summed E-state index contributed by atoms with van der Waals surface area (Å²) in [6, 6.07) is 8.73. The molecule has 0 spiro atoms. The Hall–Kier alpha value is -2.30. The first-order chi connectivity index (χ1) is 10.0. The smallest absolute Gasteiger partial charge is 0.161 e. The largest absolute Gasteiger partial charge is 0.493 e. The fraction of sp³-hybridized carbons (Fsp3) is 0.250. The van der Waals surface area contributed by atoms with Crippen molar-refractivity contribution in [1.82, 2.24) is 0 Å². The average Bonchev–Trinajstić information content (AvgIpc) is 2.49. The lowest BCUT2D eigenvalue weighted by Crippen LogP contribution is -2.08. The Morgan fingerprint density at radius 3 is 2.29 bits per heavy atom. The van der Waals surface area contributed by atoms with Gasteiger partial charge in [0.15, 0.2) is 11.5 Å². The van der Waals surface area contributed by atoms with E-state index in [1.165, 1.54) is 12.1 Å². The normalized spacial score (nSPS) is 11.9. The lowest BCUT2D eigenvalue weighted by Gasteiger charge is -2.18. The second-order valence-corrected chi connectivity index (χ2v) is 4.60. The van der Waals surface area contributed by atoms with E-state index < -0.39 is 11.6 Å². The highest BCUT2D eigenvalue weighted by molar-refractivity contribution is 5.49. The number of halogens is 2. The van der Waals surface area contributed by atoms with E-state index in [4.69, 9.17) is 9.47 Å². The summed E-state index contributed by atoms with van der Waals surface area (Å²) in [5, 5.41) is 3.00. The summed E-state index contributed by atoms with van der Waals surface area (Å²) in [6.45, 7) is 1.88. The molecule has 2 aromatic rings. The third kappa shape index (κ3) is 3.42. The molecular formula is C16H17F2NO2. The predicted molar refractivity (Wildman–Crippen MR) is 77.9 cm³/mol. The Kier molecular flexibility index (Phi) is 4.62. The van der Waals surface area contributed by atoms with Gasteiger partial charge in [0.05, 0.1) is 19.9 Å². The third-order valence-corrected chi connectivity index (χ3v) is 3.21. The summed E-state index contributed by atoms with van der Waals surface area (Å²) in [7, 11) is 3.12. The number of anilines is 1. The summed E-state index contributed by atoms with van der Waals surface area (Å²) >= 11 is 0. The van der Waals surface area contributed by atoms with Crippen LogP contribution in [0.2, 0.25) is 0 Å². The maximum Gasteiger partial charge on any atom is 0.161 e. The van der Waals surface area contributed by atoms with Gasteiger partial charge in [-0.2, -0.15) is 0 Å². The van der Waals surface area contributed by atoms with Crippen molar-refractivity contribution in [2.45, 2.75) is 13.0 Å². The molecule has 5 heteroatoms. The molecule has 0 saturated carbocycles. The number of methoxy groups -OCH3 is 2. The number of nitrogens with one attached hydrogen (secondary N) is 1. The monoisotopic (exact) mass is 293 g/mol. The van der Waals surface area contributed by atoms with Gasteiger partial charge in [-0.25, -0.2) is 8.78 Å². The highest BCUT2D eigenvalue weighted by atomic mass is 19.1. The average molecular weight is 293 g/mol. The molecule has 0 aliphatic rings. The van der Waals surface area contributed by atoms with Crippen molar-refractivity contribution in [3.05, 3.63) is 53.6 Å². The molecule has 0 aliphatic carbocycles. The van der Waals surface area contributed by atoms with E-state index in [0.29, 0.717) is 11.5 Å². The fourth-order valence-electron chi connectivity index (χ4n) is 2.05. The van der Waals surface area contributed by atoms with Crippen LogP contribution in [-0.2, 0) is 0 Å². The van der Waals surface area contributed by atoms with Crippen molar-refractivity contribution in [3.63, 3.8) is 0 Å². The van der Waals surface area contributed by atoms with Gasteiger partial charge in [0.1, 0.15) is 11.6 Å². The molecule has 0 amide bonds. The van der Waals surface area contributed by atoms with Crippen LogP contribution >= 0.6 is 0 Å². The molecule has 0 aliphatic heterocycles. The number of benzene rings is 2. The van der Waals surface area contributed by atoms with Crippen LogP contribution in [0.1, 0.15) is 18.5 Å². The second kappa shape index (κ2) is 6.43. The molecule has 3 nitrogen and oxygen atoms in total. The summed E-state index contributed by atoms with van der Waals surface area (Å²) in [4.78, 5) is 0. The van der Waals surface area contributed by atoms with Gasteiger partial charge in [-0.05, 0) is 36.8 Å². The van der Waals surface area contributed by atoms with Gasteiger partial charge < -0.3 is 14.8 Å². The molecule has 2 aromatic carbocycles. The van der Waals surface area contributed by atoms with E-state index in [2.05, 4.69) is 5.32 Å². The van der Waals surface area contributed by atoms with Gasteiger partial charge in [-0.1, -0.05) is 6.07 Å². The molecule has 1 unspecified atom stereocenters. The minimum absolute atomic E-state index is 0.176. The van der Waals surface area contributed by atoms with Gasteiger partial charge in [-0.3, -0.25) is 0 Å². The summed E-state index contributed by atoms with van der Waals surface area (Å²) in [6.07, 6.45) is 0. The number of ether oxygens (including phenoxy) is 2. The highest BCUT2D eigenvalue weighted by Crippen LogP contribution is 2.31. The molecule has 0 aromatic heterocycles. The molecule has 0 heterocycles. The molecule has 0 fully saturated rings. The molecule has 1 N–H and O–H groups in total. The van der Waals surface area contributed by atoms with E-state index in [1.807, 2.05) is 19.1 Å². The van der Waals surface area contributed by atoms with Crippen molar-refractivity contribution < 1.29 is 18.3 Å². The maximum atomic E-state index is 13.6. The van der Waals surface area contributed by atoms with Gasteiger partial charge in [0.2, 0.25) is 0 Å². The summed E-state index contributed by atoms with van der Waals surface area (Å²) < 4.78 is 37.0. The van der Waals surface area contributed by atoms with Crippen LogP contribution in [0.15, 0.2) is 36.4 Å².